The molecule has 1 unspecified atom stereocenters. The van der Waals surface area contributed by atoms with Gasteiger partial charge < -0.3 is 5.32 Å². The highest BCUT2D eigenvalue weighted by Gasteiger charge is 2.54. The molecule has 0 aromatic rings. The molecule has 2 rings (SSSR count). The van der Waals surface area contributed by atoms with Crippen LogP contribution in [0.5, 0.6) is 0 Å². The SMILES string of the molecule is CCN(CC1CC12CCNCC2)CC(F)(F)F. The Morgan fingerprint density at radius 2 is 1.94 bits per heavy atom. The second kappa shape index (κ2) is 4.76. The Morgan fingerprint density at radius 1 is 1.29 bits per heavy atom. The monoisotopic (exact) mass is 250 g/mol. The van der Waals surface area contributed by atoms with Gasteiger partial charge in [-0.25, -0.2) is 0 Å². The van der Waals surface area contributed by atoms with Gasteiger partial charge in [-0.15, -0.1) is 0 Å². The first kappa shape index (κ1) is 13.1. The zero-order chi connectivity index (χ0) is 12.5. The standard InChI is InChI=1S/C12H21F3N2/c1-2-17(9-12(13,14)15)8-10-7-11(10)3-5-16-6-4-11/h10,16H,2-9H2,1H3. The summed E-state index contributed by atoms with van der Waals surface area (Å²) in [5.74, 6) is 0.492. The molecule has 0 bridgehead atoms. The maximum atomic E-state index is 12.3. The van der Waals surface area contributed by atoms with Gasteiger partial charge in [0.1, 0.15) is 0 Å². The lowest BCUT2D eigenvalue weighted by molar-refractivity contribution is -0.146. The Kier molecular flexibility index (Phi) is 3.69. The van der Waals surface area contributed by atoms with Crippen LogP contribution in [0.4, 0.5) is 13.2 Å². The third-order valence-electron chi connectivity index (χ3n) is 4.29. The summed E-state index contributed by atoms with van der Waals surface area (Å²) < 4.78 is 37.0. The van der Waals surface area contributed by atoms with Gasteiger partial charge in [-0.1, -0.05) is 6.92 Å². The first-order valence-electron chi connectivity index (χ1n) is 6.45. The number of piperidine rings is 1. The highest BCUT2D eigenvalue weighted by molar-refractivity contribution is 5.05. The zero-order valence-corrected chi connectivity index (χ0v) is 10.3. The van der Waals surface area contributed by atoms with Crippen molar-refractivity contribution in [3.63, 3.8) is 0 Å². The smallest absolute Gasteiger partial charge is 0.317 e. The van der Waals surface area contributed by atoms with Gasteiger partial charge in [-0.3, -0.25) is 4.90 Å². The summed E-state index contributed by atoms with van der Waals surface area (Å²) in [5.41, 5.74) is 0.379. The summed E-state index contributed by atoms with van der Waals surface area (Å²) in [4.78, 5) is 1.54. The molecule has 2 nitrogen and oxygen atoms in total. The third kappa shape index (κ3) is 3.35. The topological polar surface area (TPSA) is 15.3 Å². The van der Waals surface area contributed by atoms with Crippen molar-refractivity contribution in [2.45, 2.75) is 32.4 Å². The van der Waals surface area contributed by atoms with Crippen molar-refractivity contribution in [3.05, 3.63) is 0 Å². The van der Waals surface area contributed by atoms with Crippen LogP contribution in [0.1, 0.15) is 26.2 Å². The first-order chi connectivity index (χ1) is 7.95. The molecule has 2 aliphatic rings. The molecule has 1 spiro atoms. The van der Waals surface area contributed by atoms with Crippen LogP contribution in [0.25, 0.3) is 0 Å². The summed E-state index contributed by atoms with van der Waals surface area (Å²) >= 11 is 0. The molecule has 1 saturated heterocycles. The van der Waals surface area contributed by atoms with Gasteiger partial charge in [0.25, 0.3) is 0 Å². The number of halogens is 3. The van der Waals surface area contributed by atoms with Gasteiger partial charge in [0, 0.05) is 6.54 Å². The van der Waals surface area contributed by atoms with Crippen molar-refractivity contribution >= 4 is 0 Å². The minimum Gasteiger partial charge on any atom is -0.317 e. The number of nitrogens with zero attached hydrogens (tertiary/aromatic N) is 1. The fraction of sp³-hybridized carbons (Fsp3) is 1.00. The van der Waals surface area contributed by atoms with Gasteiger partial charge in [0.15, 0.2) is 0 Å². The molecule has 1 aliphatic heterocycles. The largest absolute Gasteiger partial charge is 0.401 e. The van der Waals surface area contributed by atoms with E-state index in [4.69, 9.17) is 0 Å². The molecule has 17 heavy (non-hydrogen) atoms. The lowest BCUT2D eigenvalue weighted by Gasteiger charge is -2.27. The maximum absolute atomic E-state index is 12.3. The second-order valence-electron chi connectivity index (χ2n) is 5.46. The van der Waals surface area contributed by atoms with Crippen LogP contribution in [0.2, 0.25) is 0 Å². The average Bonchev–Trinajstić information content (AvgIpc) is 2.89. The Bertz CT molecular complexity index is 259. The number of hydrogen-bond acceptors (Lipinski definition) is 2. The molecule has 5 heteroatoms. The van der Waals surface area contributed by atoms with E-state index < -0.39 is 12.7 Å². The molecule has 0 aromatic heterocycles. The van der Waals surface area contributed by atoms with E-state index in [-0.39, 0.29) is 0 Å². The van der Waals surface area contributed by atoms with Gasteiger partial charge in [0.05, 0.1) is 6.54 Å². The molecule has 1 aliphatic carbocycles. The predicted molar refractivity (Wildman–Crippen MR) is 60.8 cm³/mol. The van der Waals surface area contributed by atoms with E-state index in [1.165, 1.54) is 0 Å². The molecular formula is C12H21F3N2. The van der Waals surface area contributed by atoms with E-state index in [0.29, 0.717) is 24.4 Å². The lowest BCUT2D eigenvalue weighted by atomic mass is 9.92. The van der Waals surface area contributed by atoms with Crippen molar-refractivity contribution in [2.24, 2.45) is 11.3 Å². The number of hydrogen-bond donors (Lipinski definition) is 1. The van der Waals surface area contributed by atoms with Crippen molar-refractivity contribution in [2.75, 3.05) is 32.7 Å². The van der Waals surface area contributed by atoms with Crippen LogP contribution < -0.4 is 5.32 Å². The van der Waals surface area contributed by atoms with E-state index >= 15 is 0 Å². The molecule has 0 radical (unpaired) electrons. The summed E-state index contributed by atoms with van der Waals surface area (Å²) in [7, 11) is 0. The third-order valence-corrected chi connectivity index (χ3v) is 4.29. The van der Waals surface area contributed by atoms with E-state index in [0.717, 1.165) is 32.4 Å². The van der Waals surface area contributed by atoms with Gasteiger partial charge in [0.2, 0.25) is 0 Å². The molecule has 1 saturated carbocycles. The minimum atomic E-state index is -4.06. The molecule has 1 atom stereocenters. The van der Waals surface area contributed by atoms with Crippen LogP contribution in [-0.4, -0.2) is 43.8 Å². The Balaban J connectivity index is 1.80. The quantitative estimate of drug-likeness (QED) is 0.823. The minimum absolute atomic E-state index is 0.379. The fourth-order valence-electron chi connectivity index (χ4n) is 3.10. The van der Waals surface area contributed by atoms with Crippen LogP contribution in [0, 0.1) is 11.3 Å². The molecule has 0 amide bonds. The maximum Gasteiger partial charge on any atom is 0.401 e. The van der Waals surface area contributed by atoms with E-state index in [9.17, 15) is 13.2 Å². The number of nitrogens with one attached hydrogen (secondary N) is 1. The zero-order valence-electron chi connectivity index (χ0n) is 10.3. The van der Waals surface area contributed by atoms with Crippen molar-refractivity contribution in [1.29, 1.82) is 0 Å². The number of rotatable bonds is 4. The Hall–Kier alpha value is -0.290. The van der Waals surface area contributed by atoms with E-state index in [1.54, 1.807) is 4.90 Å². The predicted octanol–water partition coefficient (Wildman–Crippen LogP) is 2.26. The molecule has 100 valence electrons. The molecule has 1 N–H and O–H groups in total. The molecule has 2 fully saturated rings. The van der Waals surface area contributed by atoms with E-state index in [1.807, 2.05) is 6.92 Å². The summed E-state index contributed by atoms with van der Waals surface area (Å²) in [5, 5.41) is 3.31. The van der Waals surface area contributed by atoms with Crippen LogP contribution >= 0.6 is 0 Å². The van der Waals surface area contributed by atoms with Gasteiger partial charge in [-0.2, -0.15) is 13.2 Å². The van der Waals surface area contributed by atoms with E-state index in [2.05, 4.69) is 5.32 Å². The molecule has 0 aromatic carbocycles. The van der Waals surface area contributed by atoms with Crippen molar-refractivity contribution < 1.29 is 13.2 Å². The lowest BCUT2D eigenvalue weighted by Crippen LogP contribution is -2.37. The summed E-state index contributed by atoms with van der Waals surface area (Å²) in [6.07, 6.45) is -0.655. The highest BCUT2D eigenvalue weighted by atomic mass is 19.4. The van der Waals surface area contributed by atoms with Gasteiger partial charge in [-0.05, 0) is 50.2 Å². The first-order valence-corrected chi connectivity index (χ1v) is 6.45. The Labute approximate surface area is 101 Å². The fourth-order valence-corrected chi connectivity index (χ4v) is 3.10. The second-order valence-corrected chi connectivity index (χ2v) is 5.46. The highest BCUT2D eigenvalue weighted by Crippen LogP contribution is 2.58. The molecule has 1 heterocycles. The summed E-state index contributed by atoms with van der Waals surface area (Å²) in [6, 6.07) is 0. The average molecular weight is 250 g/mol. The van der Waals surface area contributed by atoms with Crippen molar-refractivity contribution in [1.82, 2.24) is 10.2 Å². The Morgan fingerprint density at radius 3 is 2.47 bits per heavy atom. The van der Waals surface area contributed by atoms with Crippen LogP contribution in [0.15, 0.2) is 0 Å². The normalized spacial score (nSPS) is 27.7. The molecular weight excluding hydrogens is 229 g/mol. The van der Waals surface area contributed by atoms with Crippen LogP contribution in [0.3, 0.4) is 0 Å². The van der Waals surface area contributed by atoms with Crippen molar-refractivity contribution in [3.8, 4) is 0 Å². The number of alkyl halides is 3. The van der Waals surface area contributed by atoms with Crippen LogP contribution in [-0.2, 0) is 0 Å². The summed E-state index contributed by atoms with van der Waals surface area (Å²) in [6.45, 7) is 4.22. The van der Waals surface area contributed by atoms with Gasteiger partial charge >= 0.3 is 6.18 Å².